The third-order valence-electron chi connectivity index (χ3n) is 6.77. The van der Waals surface area contributed by atoms with Crippen LogP contribution in [0.15, 0.2) is 42.6 Å². The van der Waals surface area contributed by atoms with Gasteiger partial charge in [-0.05, 0) is 62.1 Å². The van der Waals surface area contributed by atoms with E-state index in [1.54, 1.807) is 25.3 Å². The molecule has 194 valence electrons. The number of carbonyl (C=O) groups is 1. The van der Waals surface area contributed by atoms with E-state index in [-0.39, 0.29) is 18.0 Å². The lowest BCUT2D eigenvalue weighted by atomic mass is 9.81. The number of carboxylic acids is 1. The van der Waals surface area contributed by atoms with Crippen LogP contribution < -0.4 is 4.74 Å². The zero-order chi connectivity index (χ0) is 26.5. The highest BCUT2D eigenvalue weighted by Crippen LogP contribution is 2.36. The maximum Gasteiger partial charge on any atom is 0.308 e. The predicted molar refractivity (Wildman–Crippen MR) is 136 cm³/mol. The van der Waals surface area contributed by atoms with E-state index in [1.165, 1.54) is 6.20 Å². The summed E-state index contributed by atoms with van der Waals surface area (Å²) in [6.07, 6.45) is 2.08. The molecule has 0 saturated carbocycles. The van der Waals surface area contributed by atoms with E-state index in [0.29, 0.717) is 59.6 Å². The molecule has 2 heterocycles. The summed E-state index contributed by atoms with van der Waals surface area (Å²) in [6, 6.07) is 8.46. The van der Waals surface area contributed by atoms with Crippen molar-refractivity contribution in [1.29, 1.82) is 0 Å². The molecule has 1 aliphatic heterocycles. The van der Waals surface area contributed by atoms with Gasteiger partial charge in [-0.3, -0.25) is 14.7 Å². The van der Waals surface area contributed by atoms with Crippen LogP contribution in [0, 0.1) is 35.3 Å². The highest BCUT2D eigenvalue weighted by atomic mass is 35.5. The molecule has 1 aliphatic rings. The van der Waals surface area contributed by atoms with Crippen molar-refractivity contribution >= 4 is 28.5 Å². The second kappa shape index (κ2) is 11.9. The van der Waals surface area contributed by atoms with Crippen molar-refractivity contribution in [3.8, 4) is 17.6 Å². The van der Waals surface area contributed by atoms with Gasteiger partial charge in [0.05, 0.1) is 36.2 Å². The number of methoxy groups -OCH3 is 1. The number of fused-ring (bicyclic) bond motifs is 1. The summed E-state index contributed by atoms with van der Waals surface area (Å²) in [5.74, 6) is 3.19. The molecule has 0 aliphatic carbocycles. The van der Waals surface area contributed by atoms with Gasteiger partial charge in [0.2, 0.25) is 0 Å². The van der Waals surface area contributed by atoms with E-state index in [9.17, 15) is 23.8 Å². The van der Waals surface area contributed by atoms with Crippen LogP contribution in [0.4, 0.5) is 8.78 Å². The van der Waals surface area contributed by atoms with Crippen molar-refractivity contribution < 1.29 is 28.5 Å². The van der Waals surface area contributed by atoms with Gasteiger partial charge >= 0.3 is 5.97 Å². The van der Waals surface area contributed by atoms with Crippen molar-refractivity contribution in [1.82, 2.24) is 9.88 Å². The first-order chi connectivity index (χ1) is 17.7. The average molecular weight is 529 g/mol. The number of nitrogens with zero attached hydrogens (tertiary/aromatic N) is 2. The second-order valence-corrected chi connectivity index (χ2v) is 9.59. The average Bonchev–Trinajstić information content (AvgIpc) is 2.86. The number of pyridine rings is 1. The van der Waals surface area contributed by atoms with Gasteiger partial charge < -0.3 is 14.9 Å². The number of piperidine rings is 1. The Labute approximate surface area is 218 Å². The SMILES string of the molecule is COc1ccc2ncc(Cl)c([C@@H](O)CC[C@H]3CCN(CC#Cc4cc(F)cc(F)c4)C[C@H]3C(=O)O)c2c1. The van der Waals surface area contributed by atoms with Gasteiger partial charge in [0.25, 0.3) is 0 Å². The molecule has 6 nitrogen and oxygen atoms in total. The molecule has 37 heavy (non-hydrogen) atoms. The Bertz CT molecular complexity index is 1340. The summed E-state index contributed by atoms with van der Waals surface area (Å²) in [5.41, 5.74) is 1.47. The number of carboxylic acid groups (broad SMARTS) is 1. The fourth-order valence-corrected chi connectivity index (χ4v) is 5.14. The van der Waals surface area contributed by atoms with E-state index >= 15 is 0 Å². The predicted octanol–water partition coefficient (Wildman–Crippen LogP) is 5.06. The van der Waals surface area contributed by atoms with Crippen LogP contribution in [-0.4, -0.2) is 52.8 Å². The number of halogens is 3. The summed E-state index contributed by atoms with van der Waals surface area (Å²) >= 11 is 6.40. The molecular formula is C28H27ClF2N2O4. The maximum atomic E-state index is 13.3. The van der Waals surface area contributed by atoms with Gasteiger partial charge in [-0.15, -0.1) is 0 Å². The molecule has 4 rings (SSSR count). The number of aliphatic hydroxyl groups excluding tert-OH is 1. The van der Waals surface area contributed by atoms with Gasteiger partial charge in [-0.2, -0.15) is 0 Å². The van der Waals surface area contributed by atoms with Crippen molar-refractivity contribution in [2.45, 2.75) is 25.4 Å². The quantitative estimate of drug-likeness (QED) is 0.417. The molecule has 0 radical (unpaired) electrons. The van der Waals surface area contributed by atoms with Crippen LogP contribution in [0.1, 0.15) is 36.5 Å². The summed E-state index contributed by atoms with van der Waals surface area (Å²) < 4.78 is 32.0. The van der Waals surface area contributed by atoms with Crippen LogP contribution in [0.2, 0.25) is 5.02 Å². The van der Waals surface area contributed by atoms with Crippen molar-refractivity contribution in [3.05, 3.63) is 70.4 Å². The summed E-state index contributed by atoms with van der Waals surface area (Å²) in [5, 5.41) is 22.0. The number of ether oxygens (including phenoxy) is 1. The van der Waals surface area contributed by atoms with Gasteiger partial charge in [0, 0.05) is 35.3 Å². The maximum absolute atomic E-state index is 13.3. The minimum Gasteiger partial charge on any atom is -0.497 e. The number of benzene rings is 2. The number of hydrogen-bond donors (Lipinski definition) is 2. The molecule has 0 bridgehead atoms. The molecule has 1 aromatic heterocycles. The molecule has 0 amide bonds. The van der Waals surface area contributed by atoms with Crippen molar-refractivity contribution in [3.63, 3.8) is 0 Å². The van der Waals surface area contributed by atoms with Gasteiger partial charge in [0.1, 0.15) is 17.4 Å². The Morgan fingerprint density at radius 2 is 2.03 bits per heavy atom. The van der Waals surface area contributed by atoms with E-state index in [0.717, 1.165) is 18.2 Å². The monoisotopic (exact) mass is 528 g/mol. The van der Waals surface area contributed by atoms with E-state index in [1.807, 2.05) is 4.90 Å². The molecule has 9 heteroatoms. The van der Waals surface area contributed by atoms with Gasteiger partial charge in [-0.1, -0.05) is 23.4 Å². The molecule has 1 saturated heterocycles. The number of aliphatic hydroxyl groups is 1. The summed E-state index contributed by atoms with van der Waals surface area (Å²) in [6.45, 7) is 1.23. The first kappa shape index (κ1) is 26.8. The molecule has 1 fully saturated rings. The molecule has 3 aromatic rings. The Kier molecular flexibility index (Phi) is 8.59. The normalized spacial score (nSPS) is 18.7. The number of rotatable bonds is 7. The molecule has 3 atom stereocenters. The van der Waals surface area contributed by atoms with Crippen molar-refractivity contribution in [2.75, 3.05) is 26.7 Å². The van der Waals surface area contributed by atoms with Crippen LogP contribution in [0.5, 0.6) is 5.75 Å². The number of hydrogen-bond acceptors (Lipinski definition) is 5. The number of aromatic nitrogens is 1. The molecule has 0 spiro atoms. The Morgan fingerprint density at radius 3 is 2.73 bits per heavy atom. The standard InChI is InChI=1S/C28H27ClF2N2O4/c1-37-21-5-6-25-22(14-21)27(24(29)15-32-25)26(34)7-4-18-8-10-33(16-23(18)28(35)36)9-2-3-17-11-19(30)13-20(31)12-17/h5-6,11-15,18,23,26,34H,4,7-10,16H2,1H3,(H,35,36)/t18-,23+,26-/m0/s1. The Balaban J connectivity index is 1.41. The van der Waals surface area contributed by atoms with Crippen LogP contribution >= 0.6 is 11.6 Å². The highest BCUT2D eigenvalue weighted by Gasteiger charge is 2.34. The molecule has 2 N–H and O–H groups in total. The smallest absolute Gasteiger partial charge is 0.308 e. The molecular weight excluding hydrogens is 502 g/mol. The Morgan fingerprint density at radius 1 is 1.27 bits per heavy atom. The van der Waals surface area contributed by atoms with Crippen LogP contribution in [0.25, 0.3) is 10.9 Å². The first-order valence-corrected chi connectivity index (χ1v) is 12.3. The zero-order valence-electron chi connectivity index (χ0n) is 20.3. The second-order valence-electron chi connectivity index (χ2n) is 9.18. The lowest BCUT2D eigenvalue weighted by Crippen LogP contribution is -2.44. The fraction of sp³-hybridized carbons (Fsp3) is 0.357. The van der Waals surface area contributed by atoms with Gasteiger partial charge in [-0.25, -0.2) is 8.78 Å². The third kappa shape index (κ3) is 6.55. The third-order valence-corrected chi connectivity index (χ3v) is 7.07. The topological polar surface area (TPSA) is 82.9 Å². The highest BCUT2D eigenvalue weighted by molar-refractivity contribution is 6.32. The van der Waals surface area contributed by atoms with E-state index in [4.69, 9.17) is 16.3 Å². The summed E-state index contributed by atoms with van der Waals surface area (Å²) in [4.78, 5) is 18.3. The van der Waals surface area contributed by atoms with E-state index in [2.05, 4.69) is 16.8 Å². The summed E-state index contributed by atoms with van der Waals surface area (Å²) in [7, 11) is 1.56. The number of likely N-dealkylation sites (tertiary alicyclic amines) is 1. The van der Waals surface area contributed by atoms with Crippen LogP contribution in [-0.2, 0) is 4.79 Å². The van der Waals surface area contributed by atoms with Crippen molar-refractivity contribution in [2.24, 2.45) is 11.8 Å². The fourth-order valence-electron chi connectivity index (χ4n) is 4.87. The minimum atomic E-state index is -0.901. The molecule has 0 unspecified atom stereocenters. The first-order valence-electron chi connectivity index (χ1n) is 12.0. The number of aliphatic carboxylic acids is 1. The lowest BCUT2D eigenvalue weighted by Gasteiger charge is -2.36. The Hall–Kier alpha value is -3.25. The minimum absolute atomic E-state index is 0.130. The molecule has 2 aromatic carbocycles. The van der Waals surface area contributed by atoms with E-state index < -0.39 is 29.6 Å². The van der Waals surface area contributed by atoms with Gasteiger partial charge in [0.15, 0.2) is 0 Å². The largest absolute Gasteiger partial charge is 0.497 e. The van der Waals surface area contributed by atoms with Crippen LogP contribution in [0.3, 0.4) is 0 Å². The zero-order valence-corrected chi connectivity index (χ0v) is 21.0. The lowest BCUT2D eigenvalue weighted by molar-refractivity contribution is -0.146.